The summed E-state index contributed by atoms with van der Waals surface area (Å²) in [5, 5.41) is 2.95. The zero-order valence-electron chi connectivity index (χ0n) is 31.0. The molecule has 1 unspecified atom stereocenters. The highest BCUT2D eigenvalue weighted by Gasteiger charge is 2.13. The van der Waals surface area contributed by atoms with Crippen LogP contribution in [0.1, 0.15) is 230 Å². The highest BCUT2D eigenvalue weighted by atomic mass is 14.2. The third-order valence-electron chi connectivity index (χ3n) is 10.6. The molecule has 0 fully saturated rings. The predicted octanol–water partition coefficient (Wildman–Crippen LogP) is 16.2. The van der Waals surface area contributed by atoms with Crippen LogP contribution in [-0.4, -0.2) is 0 Å². The molecule has 0 heterocycles. The lowest BCUT2D eigenvalue weighted by Gasteiger charge is -2.19. The zero-order chi connectivity index (χ0) is 32.0. The summed E-state index contributed by atoms with van der Waals surface area (Å²) >= 11 is 0. The van der Waals surface area contributed by atoms with Crippen LogP contribution in [0.15, 0.2) is 36.4 Å². The van der Waals surface area contributed by atoms with E-state index in [0.717, 1.165) is 0 Å². The highest BCUT2D eigenvalue weighted by Crippen LogP contribution is 2.32. The minimum Gasteiger partial charge on any atom is -0.0654 e. The second-order valence-corrected chi connectivity index (χ2v) is 14.8. The topological polar surface area (TPSA) is 0 Å². The SMILES string of the molecule is CCCCCCCCCCCCCCCCCCc1c(C(C)CCCCCCCCCCCCCCC)ccc2ccccc12. The molecule has 0 nitrogen and oxygen atoms in total. The van der Waals surface area contributed by atoms with E-state index in [2.05, 4.69) is 57.2 Å². The van der Waals surface area contributed by atoms with E-state index in [0.29, 0.717) is 5.92 Å². The first-order chi connectivity index (χ1) is 22.3. The van der Waals surface area contributed by atoms with Crippen LogP contribution < -0.4 is 0 Å². The summed E-state index contributed by atoms with van der Waals surface area (Å²) in [6.07, 6.45) is 44.4. The Morgan fingerprint density at radius 2 is 0.778 bits per heavy atom. The third-order valence-corrected chi connectivity index (χ3v) is 10.6. The molecule has 0 aliphatic carbocycles. The highest BCUT2D eigenvalue weighted by molar-refractivity contribution is 5.87. The van der Waals surface area contributed by atoms with Crippen molar-refractivity contribution < 1.29 is 0 Å². The van der Waals surface area contributed by atoms with Crippen LogP contribution >= 0.6 is 0 Å². The molecule has 45 heavy (non-hydrogen) atoms. The Morgan fingerprint density at radius 1 is 0.400 bits per heavy atom. The maximum absolute atomic E-state index is 2.50. The molecule has 1 atom stereocenters. The Balaban J connectivity index is 1.57. The van der Waals surface area contributed by atoms with Gasteiger partial charge >= 0.3 is 0 Å². The van der Waals surface area contributed by atoms with E-state index in [1.54, 1.807) is 11.1 Å². The number of benzene rings is 2. The van der Waals surface area contributed by atoms with E-state index in [1.165, 1.54) is 210 Å². The van der Waals surface area contributed by atoms with Crippen LogP contribution in [0.4, 0.5) is 0 Å². The normalized spacial score (nSPS) is 12.3. The van der Waals surface area contributed by atoms with Crippen molar-refractivity contribution in [2.24, 2.45) is 0 Å². The van der Waals surface area contributed by atoms with Crippen molar-refractivity contribution in [3.05, 3.63) is 47.5 Å². The first-order valence-electron chi connectivity index (χ1n) is 20.8. The van der Waals surface area contributed by atoms with Gasteiger partial charge in [-0.3, -0.25) is 0 Å². The average Bonchev–Trinajstić information content (AvgIpc) is 3.06. The van der Waals surface area contributed by atoms with Crippen LogP contribution in [0.5, 0.6) is 0 Å². The fraction of sp³-hybridized carbons (Fsp3) is 0.778. The van der Waals surface area contributed by atoms with Crippen molar-refractivity contribution in [1.29, 1.82) is 0 Å². The maximum Gasteiger partial charge on any atom is -0.0149 e. The summed E-state index contributed by atoms with van der Waals surface area (Å²) in [5.74, 6) is 0.679. The minimum absolute atomic E-state index is 0.679. The quantitative estimate of drug-likeness (QED) is 0.0716. The molecule has 0 N–H and O–H groups in total. The molecule has 0 aromatic heterocycles. The molecule has 258 valence electrons. The van der Waals surface area contributed by atoms with Gasteiger partial charge in [-0.1, -0.05) is 237 Å². The van der Waals surface area contributed by atoms with Gasteiger partial charge < -0.3 is 0 Å². The molecule has 0 aliphatic rings. The van der Waals surface area contributed by atoms with Gasteiger partial charge in [-0.15, -0.1) is 0 Å². The Hall–Kier alpha value is -1.30. The molecular formula is C45H78. The van der Waals surface area contributed by atoms with E-state index in [-0.39, 0.29) is 0 Å². The molecule has 2 aromatic rings. The van der Waals surface area contributed by atoms with Crippen molar-refractivity contribution in [3.8, 4) is 0 Å². The van der Waals surface area contributed by atoms with Gasteiger partial charge in [0.05, 0.1) is 0 Å². The van der Waals surface area contributed by atoms with Gasteiger partial charge in [0.15, 0.2) is 0 Å². The van der Waals surface area contributed by atoms with Gasteiger partial charge in [0.1, 0.15) is 0 Å². The summed E-state index contributed by atoms with van der Waals surface area (Å²) in [6, 6.07) is 14.0. The van der Waals surface area contributed by atoms with Crippen molar-refractivity contribution in [1.82, 2.24) is 0 Å². The molecule has 2 aromatic carbocycles. The van der Waals surface area contributed by atoms with Gasteiger partial charge in [0.2, 0.25) is 0 Å². The smallest absolute Gasteiger partial charge is 0.0149 e. The van der Waals surface area contributed by atoms with Gasteiger partial charge in [0.25, 0.3) is 0 Å². The summed E-state index contributed by atoms with van der Waals surface area (Å²) < 4.78 is 0. The Kier molecular flexibility index (Phi) is 25.6. The van der Waals surface area contributed by atoms with Crippen molar-refractivity contribution in [2.75, 3.05) is 0 Å². The molecule has 0 spiro atoms. The van der Waals surface area contributed by atoms with Crippen molar-refractivity contribution in [2.45, 2.75) is 226 Å². The van der Waals surface area contributed by atoms with Gasteiger partial charge in [-0.05, 0) is 47.1 Å². The van der Waals surface area contributed by atoms with Crippen LogP contribution in [-0.2, 0) is 6.42 Å². The third kappa shape index (κ3) is 19.8. The van der Waals surface area contributed by atoms with Gasteiger partial charge in [-0.25, -0.2) is 0 Å². The van der Waals surface area contributed by atoms with Crippen LogP contribution in [0.2, 0.25) is 0 Å². The van der Waals surface area contributed by atoms with E-state index < -0.39 is 0 Å². The molecular weight excluding hydrogens is 540 g/mol. The Bertz CT molecular complexity index is 909. The molecule has 0 amide bonds. The van der Waals surface area contributed by atoms with Crippen LogP contribution in [0.3, 0.4) is 0 Å². The minimum atomic E-state index is 0.679. The van der Waals surface area contributed by atoms with E-state index in [4.69, 9.17) is 0 Å². The first kappa shape index (κ1) is 39.9. The van der Waals surface area contributed by atoms with E-state index >= 15 is 0 Å². The largest absolute Gasteiger partial charge is 0.0654 e. The lowest BCUT2D eigenvalue weighted by Crippen LogP contribution is -2.02. The fourth-order valence-corrected chi connectivity index (χ4v) is 7.57. The van der Waals surface area contributed by atoms with Gasteiger partial charge in [0, 0.05) is 0 Å². The fourth-order valence-electron chi connectivity index (χ4n) is 7.57. The maximum atomic E-state index is 2.50. The van der Waals surface area contributed by atoms with E-state index in [1.807, 2.05) is 0 Å². The summed E-state index contributed by atoms with van der Waals surface area (Å²) in [5.41, 5.74) is 3.31. The second kappa shape index (κ2) is 28.9. The molecule has 0 radical (unpaired) electrons. The molecule has 0 saturated carbocycles. The van der Waals surface area contributed by atoms with Crippen LogP contribution in [0.25, 0.3) is 10.8 Å². The molecule has 0 heteroatoms. The zero-order valence-corrected chi connectivity index (χ0v) is 31.0. The molecule has 0 saturated heterocycles. The van der Waals surface area contributed by atoms with Gasteiger partial charge in [-0.2, -0.15) is 0 Å². The molecule has 0 bridgehead atoms. The number of aryl methyl sites for hydroxylation is 1. The standard InChI is InChI=1S/C45H78/c1-4-6-8-10-12-14-16-18-19-20-22-24-26-28-30-32-38-45-43(40-39-42-36-33-34-37-44(42)45)41(3)35-31-29-27-25-23-21-17-15-13-11-9-7-5-2/h33-34,36-37,39-41H,4-32,35,38H2,1-3H3. The first-order valence-corrected chi connectivity index (χ1v) is 20.8. The number of rotatable bonds is 32. The lowest BCUT2D eigenvalue weighted by atomic mass is 9.86. The summed E-state index contributed by atoms with van der Waals surface area (Å²) in [4.78, 5) is 0. The number of hydrogen-bond donors (Lipinski definition) is 0. The molecule has 0 aliphatic heterocycles. The Labute approximate surface area is 283 Å². The summed E-state index contributed by atoms with van der Waals surface area (Å²) in [6.45, 7) is 7.12. The van der Waals surface area contributed by atoms with Crippen molar-refractivity contribution in [3.63, 3.8) is 0 Å². The van der Waals surface area contributed by atoms with Crippen LogP contribution in [0, 0.1) is 0 Å². The monoisotopic (exact) mass is 619 g/mol. The van der Waals surface area contributed by atoms with Crippen molar-refractivity contribution >= 4 is 10.8 Å². The number of unbranched alkanes of at least 4 members (excludes halogenated alkanes) is 27. The second-order valence-electron chi connectivity index (χ2n) is 14.8. The lowest BCUT2D eigenvalue weighted by molar-refractivity contribution is 0.524. The molecule has 2 rings (SSSR count). The summed E-state index contributed by atoms with van der Waals surface area (Å²) in [7, 11) is 0. The average molecular weight is 619 g/mol. The number of fused-ring (bicyclic) bond motifs is 1. The van der Waals surface area contributed by atoms with E-state index in [9.17, 15) is 0 Å². The number of hydrogen-bond acceptors (Lipinski definition) is 0. The Morgan fingerprint density at radius 3 is 1.22 bits per heavy atom. The predicted molar refractivity (Wildman–Crippen MR) is 206 cm³/mol.